The average molecular weight is 446 g/mol. The molecule has 5 rings (SSSR count). The first kappa shape index (κ1) is 20.3. The Morgan fingerprint density at radius 2 is 1.78 bits per heavy atom. The number of rotatable bonds is 2. The summed E-state index contributed by atoms with van der Waals surface area (Å²) >= 11 is 6.26. The van der Waals surface area contributed by atoms with E-state index < -0.39 is 6.04 Å². The van der Waals surface area contributed by atoms with Gasteiger partial charge in [-0.3, -0.25) is 0 Å². The summed E-state index contributed by atoms with van der Waals surface area (Å²) in [5.74, 6) is -0.313. The molecule has 2 heterocycles. The number of benzene rings is 3. The highest BCUT2D eigenvalue weighted by Gasteiger charge is 2.33. The Morgan fingerprint density at radius 3 is 2.59 bits per heavy atom. The molecule has 32 heavy (non-hydrogen) atoms. The number of halogens is 2. The number of carbonyl (C=O) groups is 1. The predicted molar refractivity (Wildman–Crippen MR) is 125 cm³/mol. The van der Waals surface area contributed by atoms with Gasteiger partial charge in [-0.05, 0) is 66.1 Å². The standard InChI is InChI=1S/C26H21ClFN3O/c1-17-21(27)7-4-8-22(17)29-26(32)31-16-19-6-2-3-9-23(19)30-15-5-10-24(30)25(31)18-11-13-20(28)14-12-18/h2-15,25H,16H2,1H3,(H,29,32)/t25-/m0/s1. The van der Waals surface area contributed by atoms with Crippen LogP contribution in [0, 0.1) is 12.7 Å². The second kappa shape index (κ2) is 8.17. The summed E-state index contributed by atoms with van der Waals surface area (Å²) in [7, 11) is 0. The van der Waals surface area contributed by atoms with Gasteiger partial charge in [-0.1, -0.05) is 48.0 Å². The highest BCUT2D eigenvalue weighted by Crippen LogP contribution is 2.37. The van der Waals surface area contributed by atoms with E-state index >= 15 is 0 Å². The molecule has 1 aliphatic rings. The number of urea groups is 1. The van der Waals surface area contributed by atoms with Gasteiger partial charge in [0.25, 0.3) is 0 Å². The lowest BCUT2D eigenvalue weighted by molar-refractivity contribution is 0.194. The fourth-order valence-electron chi connectivity index (χ4n) is 4.27. The molecule has 0 spiro atoms. The molecule has 0 saturated carbocycles. The summed E-state index contributed by atoms with van der Waals surface area (Å²) in [5, 5.41) is 3.62. The van der Waals surface area contributed by atoms with Crippen LogP contribution in [0.3, 0.4) is 0 Å². The van der Waals surface area contributed by atoms with Gasteiger partial charge in [0.05, 0.1) is 18.3 Å². The topological polar surface area (TPSA) is 37.3 Å². The summed E-state index contributed by atoms with van der Waals surface area (Å²) in [6.45, 7) is 2.27. The first-order chi connectivity index (χ1) is 15.5. The number of hydrogen-bond acceptors (Lipinski definition) is 1. The molecule has 0 radical (unpaired) electrons. The normalized spacial score (nSPS) is 15.0. The van der Waals surface area contributed by atoms with Crippen LogP contribution in [0.15, 0.2) is 85.1 Å². The van der Waals surface area contributed by atoms with Crippen molar-refractivity contribution in [2.75, 3.05) is 5.32 Å². The number of hydrogen-bond donors (Lipinski definition) is 1. The Morgan fingerprint density at radius 1 is 1.00 bits per heavy atom. The van der Waals surface area contributed by atoms with Crippen molar-refractivity contribution in [2.24, 2.45) is 0 Å². The maximum Gasteiger partial charge on any atom is 0.322 e. The van der Waals surface area contributed by atoms with Crippen molar-refractivity contribution < 1.29 is 9.18 Å². The molecule has 1 aromatic heterocycles. The van der Waals surface area contributed by atoms with Gasteiger partial charge in [-0.15, -0.1) is 0 Å². The van der Waals surface area contributed by atoms with Gasteiger partial charge in [0.15, 0.2) is 0 Å². The van der Waals surface area contributed by atoms with E-state index in [2.05, 4.69) is 9.88 Å². The number of nitrogens with zero attached hydrogens (tertiary/aromatic N) is 2. The number of carbonyl (C=O) groups excluding carboxylic acids is 1. The summed E-state index contributed by atoms with van der Waals surface area (Å²) in [6.07, 6.45) is 1.99. The molecule has 1 atom stereocenters. The summed E-state index contributed by atoms with van der Waals surface area (Å²) < 4.78 is 15.8. The lowest BCUT2D eigenvalue weighted by Gasteiger charge is -2.31. The molecule has 2 amide bonds. The average Bonchev–Trinajstić information content (AvgIpc) is 3.22. The van der Waals surface area contributed by atoms with Gasteiger partial charge in [0, 0.05) is 22.6 Å². The first-order valence-electron chi connectivity index (χ1n) is 10.4. The lowest BCUT2D eigenvalue weighted by atomic mass is 10.0. The van der Waals surface area contributed by atoms with Gasteiger partial charge in [0.2, 0.25) is 0 Å². The molecule has 0 unspecified atom stereocenters. The largest absolute Gasteiger partial charge is 0.322 e. The summed E-state index contributed by atoms with van der Waals surface area (Å²) in [4.78, 5) is 15.4. The molecule has 0 aliphatic carbocycles. The zero-order valence-electron chi connectivity index (χ0n) is 17.4. The van der Waals surface area contributed by atoms with E-state index in [0.29, 0.717) is 17.3 Å². The van der Waals surface area contributed by atoms with Gasteiger partial charge in [-0.2, -0.15) is 0 Å². The molecular formula is C26H21ClFN3O. The molecule has 6 heteroatoms. The van der Waals surface area contributed by atoms with E-state index in [-0.39, 0.29) is 11.8 Å². The quantitative estimate of drug-likeness (QED) is 0.365. The van der Waals surface area contributed by atoms with Crippen LogP contribution in [0.2, 0.25) is 5.02 Å². The van der Waals surface area contributed by atoms with E-state index in [4.69, 9.17) is 11.6 Å². The number of amides is 2. The molecule has 3 aromatic carbocycles. The van der Waals surface area contributed by atoms with E-state index in [1.165, 1.54) is 12.1 Å². The van der Waals surface area contributed by atoms with Crippen LogP contribution in [0.25, 0.3) is 5.69 Å². The summed E-state index contributed by atoms with van der Waals surface area (Å²) in [5.41, 5.74) is 5.27. The minimum atomic E-state index is -0.405. The maximum absolute atomic E-state index is 13.7. The van der Waals surface area contributed by atoms with Crippen LogP contribution in [-0.2, 0) is 6.54 Å². The molecule has 4 nitrogen and oxygen atoms in total. The zero-order valence-corrected chi connectivity index (χ0v) is 18.2. The molecule has 160 valence electrons. The van der Waals surface area contributed by atoms with Crippen molar-refractivity contribution in [2.45, 2.75) is 19.5 Å². The monoisotopic (exact) mass is 445 g/mol. The van der Waals surface area contributed by atoms with Crippen molar-refractivity contribution in [3.05, 3.63) is 118 Å². The Labute approximate surface area is 190 Å². The van der Waals surface area contributed by atoms with Crippen molar-refractivity contribution in [3.63, 3.8) is 0 Å². The molecule has 4 aromatic rings. The number of anilines is 1. The van der Waals surface area contributed by atoms with Crippen LogP contribution in [-0.4, -0.2) is 15.5 Å². The minimum absolute atomic E-state index is 0.255. The third-order valence-corrected chi connectivity index (χ3v) is 6.33. The zero-order chi connectivity index (χ0) is 22.2. The number of fused-ring (bicyclic) bond motifs is 3. The first-order valence-corrected chi connectivity index (χ1v) is 10.7. The Balaban J connectivity index is 1.64. The van der Waals surface area contributed by atoms with E-state index in [1.807, 2.05) is 61.7 Å². The number of para-hydroxylation sites is 1. The van der Waals surface area contributed by atoms with Gasteiger partial charge in [0.1, 0.15) is 5.82 Å². The second-order valence-electron chi connectivity index (χ2n) is 7.86. The Bertz CT molecular complexity index is 1300. The molecule has 0 saturated heterocycles. The van der Waals surface area contributed by atoms with E-state index in [9.17, 15) is 9.18 Å². The SMILES string of the molecule is Cc1c(Cl)cccc1NC(=O)N1Cc2ccccc2-n2cccc2[C@@H]1c1ccc(F)cc1. The highest BCUT2D eigenvalue weighted by atomic mass is 35.5. The van der Waals surface area contributed by atoms with E-state index in [0.717, 1.165) is 28.1 Å². The van der Waals surface area contributed by atoms with Gasteiger partial charge < -0.3 is 14.8 Å². The minimum Gasteiger partial charge on any atom is -0.318 e. The molecule has 1 aliphatic heterocycles. The van der Waals surface area contributed by atoms with Crippen LogP contribution in [0.1, 0.15) is 28.4 Å². The van der Waals surface area contributed by atoms with Gasteiger partial charge >= 0.3 is 6.03 Å². The lowest BCUT2D eigenvalue weighted by Crippen LogP contribution is -2.38. The van der Waals surface area contributed by atoms with Crippen LogP contribution in [0.4, 0.5) is 14.9 Å². The van der Waals surface area contributed by atoms with Crippen molar-refractivity contribution in [1.29, 1.82) is 0 Å². The molecule has 0 fully saturated rings. The van der Waals surface area contributed by atoms with Crippen LogP contribution < -0.4 is 5.32 Å². The van der Waals surface area contributed by atoms with Crippen molar-refractivity contribution >= 4 is 23.3 Å². The van der Waals surface area contributed by atoms with Crippen LogP contribution in [0.5, 0.6) is 0 Å². The highest BCUT2D eigenvalue weighted by molar-refractivity contribution is 6.31. The fraction of sp³-hybridized carbons (Fsp3) is 0.115. The number of nitrogens with one attached hydrogen (secondary N) is 1. The van der Waals surface area contributed by atoms with Crippen molar-refractivity contribution in [1.82, 2.24) is 9.47 Å². The summed E-state index contributed by atoms with van der Waals surface area (Å²) in [6, 6.07) is 23.1. The smallest absolute Gasteiger partial charge is 0.318 e. The Hall–Kier alpha value is -3.57. The van der Waals surface area contributed by atoms with Crippen molar-refractivity contribution in [3.8, 4) is 5.69 Å². The van der Waals surface area contributed by atoms with E-state index in [1.54, 1.807) is 23.1 Å². The second-order valence-corrected chi connectivity index (χ2v) is 8.26. The predicted octanol–water partition coefficient (Wildman–Crippen LogP) is 6.72. The maximum atomic E-state index is 13.7. The third kappa shape index (κ3) is 3.55. The number of aromatic nitrogens is 1. The van der Waals surface area contributed by atoms with Crippen LogP contribution >= 0.6 is 11.6 Å². The Kier molecular flexibility index (Phi) is 5.19. The third-order valence-electron chi connectivity index (χ3n) is 5.92. The van der Waals surface area contributed by atoms with Gasteiger partial charge in [-0.25, -0.2) is 9.18 Å². The molecular weight excluding hydrogens is 425 g/mol. The fourth-order valence-corrected chi connectivity index (χ4v) is 4.44. The molecule has 1 N–H and O–H groups in total. The molecule has 0 bridgehead atoms.